The van der Waals surface area contributed by atoms with Crippen molar-refractivity contribution in [3.05, 3.63) is 53.5 Å². The Hall–Kier alpha value is -2.07. The molecule has 1 heterocycles. The first-order valence-electron chi connectivity index (χ1n) is 6.65. The van der Waals surface area contributed by atoms with Crippen LogP contribution >= 0.6 is 0 Å². The zero-order valence-corrected chi connectivity index (χ0v) is 12.1. The Morgan fingerprint density at radius 2 is 1.95 bits per heavy atom. The Morgan fingerprint density at radius 3 is 2.55 bits per heavy atom. The van der Waals surface area contributed by atoms with Crippen molar-refractivity contribution in [3.8, 4) is 0 Å². The lowest BCUT2D eigenvalue weighted by Gasteiger charge is -2.26. The van der Waals surface area contributed by atoms with E-state index in [-0.39, 0.29) is 6.61 Å². The molecule has 2 aromatic rings. The smallest absolute Gasteiger partial charge is 0.152 e. The lowest BCUT2D eigenvalue weighted by atomic mass is 10.0. The Kier molecular flexibility index (Phi) is 4.25. The van der Waals surface area contributed by atoms with Crippen molar-refractivity contribution in [2.45, 2.75) is 26.5 Å². The number of aliphatic hydroxyl groups is 1. The van der Waals surface area contributed by atoms with E-state index in [4.69, 9.17) is 14.9 Å². The molecule has 0 aliphatic carbocycles. The fraction of sp³-hybridized carbons (Fsp3) is 0.312. The van der Waals surface area contributed by atoms with Gasteiger partial charge in [0.05, 0.1) is 0 Å². The third kappa shape index (κ3) is 2.75. The summed E-state index contributed by atoms with van der Waals surface area (Å²) in [5, 5.41) is 17.4. The average molecular weight is 272 g/mol. The SMILES string of the molecule is CC(C)N(C)c1ccccc1C(=N)c1ccc(CO)o1. The summed E-state index contributed by atoms with van der Waals surface area (Å²) < 4.78 is 5.45. The zero-order valence-electron chi connectivity index (χ0n) is 12.1. The number of hydrogen-bond donors (Lipinski definition) is 2. The molecule has 1 aromatic carbocycles. The molecule has 1 aromatic heterocycles. The first-order valence-corrected chi connectivity index (χ1v) is 6.65. The van der Waals surface area contributed by atoms with E-state index >= 15 is 0 Å². The Morgan fingerprint density at radius 1 is 1.25 bits per heavy atom. The molecule has 0 aliphatic heterocycles. The van der Waals surface area contributed by atoms with Crippen LogP contribution in [0.25, 0.3) is 0 Å². The average Bonchev–Trinajstić information content (AvgIpc) is 2.94. The summed E-state index contributed by atoms with van der Waals surface area (Å²) >= 11 is 0. The summed E-state index contributed by atoms with van der Waals surface area (Å²) in [4.78, 5) is 2.12. The van der Waals surface area contributed by atoms with E-state index in [2.05, 4.69) is 18.7 Å². The minimum absolute atomic E-state index is 0.152. The topological polar surface area (TPSA) is 60.5 Å². The number of hydrogen-bond acceptors (Lipinski definition) is 4. The van der Waals surface area contributed by atoms with E-state index in [1.54, 1.807) is 12.1 Å². The predicted molar refractivity (Wildman–Crippen MR) is 80.5 cm³/mol. The van der Waals surface area contributed by atoms with Crippen molar-refractivity contribution < 1.29 is 9.52 Å². The van der Waals surface area contributed by atoms with E-state index < -0.39 is 0 Å². The van der Waals surface area contributed by atoms with Gasteiger partial charge in [-0.2, -0.15) is 0 Å². The molecule has 2 N–H and O–H groups in total. The molecule has 4 heteroatoms. The monoisotopic (exact) mass is 272 g/mol. The lowest BCUT2D eigenvalue weighted by Crippen LogP contribution is -2.27. The van der Waals surface area contributed by atoms with Gasteiger partial charge in [-0.05, 0) is 32.0 Å². The molecule has 0 unspecified atom stereocenters. The van der Waals surface area contributed by atoms with Gasteiger partial charge in [-0.15, -0.1) is 0 Å². The molecule has 4 nitrogen and oxygen atoms in total. The number of furan rings is 1. The van der Waals surface area contributed by atoms with Crippen LogP contribution in [0.5, 0.6) is 0 Å². The zero-order chi connectivity index (χ0) is 14.7. The van der Waals surface area contributed by atoms with Crippen LogP contribution in [0.3, 0.4) is 0 Å². The van der Waals surface area contributed by atoms with Gasteiger partial charge in [0.15, 0.2) is 5.76 Å². The van der Waals surface area contributed by atoms with Gasteiger partial charge in [-0.1, -0.05) is 18.2 Å². The molecule has 0 aliphatic rings. The molecule has 2 rings (SSSR count). The molecule has 0 saturated heterocycles. The number of aliphatic hydroxyl groups excluding tert-OH is 1. The standard InChI is InChI=1S/C16H20N2O2/c1-11(2)18(3)14-7-5-4-6-13(14)16(17)15-9-8-12(10-19)20-15/h4-9,11,17,19H,10H2,1-3H3. The molecule has 0 amide bonds. The molecular formula is C16H20N2O2. The highest BCUT2D eigenvalue weighted by Crippen LogP contribution is 2.24. The van der Waals surface area contributed by atoms with Crippen LogP contribution in [0.1, 0.15) is 30.9 Å². The number of benzene rings is 1. The van der Waals surface area contributed by atoms with E-state index in [9.17, 15) is 0 Å². The highest BCUT2D eigenvalue weighted by atomic mass is 16.4. The van der Waals surface area contributed by atoms with Crippen LogP contribution in [0.15, 0.2) is 40.8 Å². The van der Waals surface area contributed by atoms with Gasteiger partial charge >= 0.3 is 0 Å². The fourth-order valence-electron chi connectivity index (χ4n) is 2.00. The third-order valence-corrected chi connectivity index (χ3v) is 3.39. The van der Waals surface area contributed by atoms with Gasteiger partial charge in [0.2, 0.25) is 0 Å². The molecule has 106 valence electrons. The van der Waals surface area contributed by atoms with Crippen LogP contribution in [-0.2, 0) is 6.61 Å². The third-order valence-electron chi connectivity index (χ3n) is 3.39. The molecule has 0 fully saturated rings. The molecule has 0 saturated carbocycles. The minimum atomic E-state index is -0.152. The first kappa shape index (κ1) is 14.3. The largest absolute Gasteiger partial charge is 0.457 e. The number of nitrogens with zero attached hydrogens (tertiary/aromatic N) is 1. The quantitative estimate of drug-likeness (QED) is 0.822. The second kappa shape index (κ2) is 5.92. The number of anilines is 1. The second-order valence-corrected chi connectivity index (χ2v) is 5.02. The molecule has 0 radical (unpaired) electrons. The number of para-hydroxylation sites is 1. The lowest BCUT2D eigenvalue weighted by molar-refractivity contribution is 0.246. The van der Waals surface area contributed by atoms with Crippen molar-refractivity contribution >= 4 is 11.4 Å². The molecule has 0 bridgehead atoms. The van der Waals surface area contributed by atoms with Gasteiger partial charge in [0.25, 0.3) is 0 Å². The highest BCUT2D eigenvalue weighted by Gasteiger charge is 2.16. The normalized spacial score (nSPS) is 10.8. The fourth-order valence-corrected chi connectivity index (χ4v) is 2.00. The van der Waals surface area contributed by atoms with Gasteiger partial charge < -0.3 is 14.4 Å². The van der Waals surface area contributed by atoms with Crippen molar-refractivity contribution in [2.75, 3.05) is 11.9 Å². The van der Waals surface area contributed by atoms with Crippen LogP contribution in [0.2, 0.25) is 0 Å². The van der Waals surface area contributed by atoms with Crippen LogP contribution in [-0.4, -0.2) is 23.9 Å². The van der Waals surface area contributed by atoms with Crippen LogP contribution < -0.4 is 4.90 Å². The van der Waals surface area contributed by atoms with Gasteiger partial charge in [0, 0.05) is 24.3 Å². The maximum atomic E-state index is 9.05. The molecule has 0 spiro atoms. The van der Waals surface area contributed by atoms with Gasteiger partial charge in [0.1, 0.15) is 18.1 Å². The maximum Gasteiger partial charge on any atom is 0.152 e. The van der Waals surface area contributed by atoms with E-state index in [1.165, 1.54) is 0 Å². The number of rotatable bonds is 5. The van der Waals surface area contributed by atoms with Crippen molar-refractivity contribution in [3.63, 3.8) is 0 Å². The van der Waals surface area contributed by atoms with Crippen molar-refractivity contribution in [2.24, 2.45) is 0 Å². The Balaban J connectivity index is 2.39. The van der Waals surface area contributed by atoms with Crippen molar-refractivity contribution in [1.82, 2.24) is 0 Å². The van der Waals surface area contributed by atoms with Gasteiger partial charge in [-0.3, -0.25) is 5.41 Å². The summed E-state index contributed by atoms with van der Waals surface area (Å²) in [5.41, 5.74) is 2.14. The predicted octanol–water partition coefficient (Wildman–Crippen LogP) is 3.03. The molecule has 0 atom stereocenters. The summed E-state index contributed by atoms with van der Waals surface area (Å²) in [6.07, 6.45) is 0. The molecule has 20 heavy (non-hydrogen) atoms. The number of nitrogens with one attached hydrogen (secondary N) is 1. The molecular weight excluding hydrogens is 252 g/mol. The maximum absolute atomic E-state index is 9.05. The summed E-state index contributed by atoms with van der Waals surface area (Å²) in [5.74, 6) is 0.943. The summed E-state index contributed by atoms with van der Waals surface area (Å²) in [7, 11) is 2.01. The van der Waals surface area contributed by atoms with E-state index in [1.807, 2.05) is 31.3 Å². The first-order chi connectivity index (χ1) is 9.54. The summed E-state index contributed by atoms with van der Waals surface area (Å²) in [6.45, 7) is 4.06. The minimum Gasteiger partial charge on any atom is -0.457 e. The summed E-state index contributed by atoms with van der Waals surface area (Å²) in [6, 6.07) is 11.5. The highest BCUT2D eigenvalue weighted by molar-refractivity contribution is 6.12. The van der Waals surface area contributed by atoms with E-state index in [0.717, 1.165) is 11.3 Å². The van der Waals surface area contributed by atoms with Crippen LogP contribution in [0.4, 0.5) is 5.69 Å². The Labute approximate surface area is 119 Å². The van der Waals surface area contributed by atoms with Crippen LogP contribution in [0, 0.1) is 5.41 Å². The second-order valence-electron chi connectivity index (χ2n) is 5.02. The Bertz CT molecular complexity index is 602. The van der Waals surface area contributed by atoms with Gasteiger partial charge in [-0.25, -0.2) is 0 Å². The van der Waals surface area contributed by atoms with E-state index in [0.29, 0.717) is 23.3 Å². The van der Waals surface area contributed by atoms with Crippen molar-refractivity contribution in [1.29, 1.82) is 5.41 Å².